The largest absolute Gasteiger partial charge is 0.325 e. The molecular weight excluding hydrogens is 382 g/mol. The summed E-state index contributed by atoms with van der Waals surface area (Å²) in [6.45, 7) is 8.63. The maximum Gasteiger partial charge on any atom is 0.276 e. The standard InChI is InChI=1S/C19H23N5OS.ClH/c1-12-7-5-6-8-14(12)24-16(9-15(23-24)19(2,3)4)22-18(25)13-11-26-17(10-20)21-13;/h5-9,11H,10,20H2,1-4H3,(H,22,25);1H. The van der Waals surface area contributed by atoms with Crippen molar-refractivity contribution < 1.29 is 4.79 Å². The molecular formula is C19H24ClN5OS. The first-order valence-electron chi connectivity index (χ1n) is 8.42. The van der Waals surface area contributed by atoms with E-state index in [0.29, 0.717) is 18.1 Å². The molecule has 0 aliphatic heterocycles. The van der Waals surface area contributed by atoms with E-state index < -0.39 is 0 Å². The Morgan fingerprint density at radius 3 is 2.59 bits per heavy atom. The lowest BCUT2D eigenvalue weighted by molar-refractivity contribution is 0.102. The van der Waals surface area contributed by atoms with Crippen LogP contribution in [0.5, 0.6) is 0 Å². The second kappa shape index (κ2) is 8.21. The number of halogens is 1. The van der Waals surface area contributed by atoms with Gasteiger partial charge in [-0.15, -0.1) is 23.7 Å². The van der Waals surface area contributed by atoms with Crippen molar-refractivity contribution in [2.45, 2.75) is 39.7 Å². The van der Waals surface area contributed by atoms with Crippen molar-refractivity contribution in [1.82, 2.24) is 14.8 Å². The van der Waals surface area contributed by atoms with Gasteiger partial charge < -0.3 is 11.1 Å². The second-order valence-corrected chi connectivity index (χ2v) is 8.09. The smallest absolute Gasteiger partial charge is 0.276 e. The van der Waals surface area contributed by atoms with E-state index in [1.165, 1.54) is 11.3 Å². The Bertz CT molecular complexity index is 942. The van der Waals surface area contributed by atoms with Crippen molar-refractivity contribution in [3.63, 3.8) is 0 Å². The maximum absolute atomic E-state index is 12.6. The van der Waals surface area contributed by atoms with Gasteiger partial charge in [-0.05, 0) is 18.6 Å². The summed E-state index contributed by atoms with van der Waals surface area (Å²) in [5.74, 6) is 0.354. The van der Waals surface area contributed by atoms with E-state index in [1.54, 1.807) is 10.1 Å². The molecule has 0 spiro atoms. The molecule has 0 unspecified atom stereocenters. The molecule has 0 fully saturated rings. The van der Waals surface area contributed by atoms with Crippen molar-refractivity contribution in [2.24, 2.45) is 5.73 Å². The first kappa shape index (κ1) is 21.1. The molecule has 27 heavy (non-hydrogen) atoms. The lowest BCUT2D eigenvalue weighted by atomic mass is 9.92. The predicted octanol–water partition coefficient (Wildman–Crippen LogP) is 4.07. The molecule has 1 aromatic carbocycles. The summed E-state index contributed by atoms with van der Waals surface area (Å²) < 4.78 is 1.78. The normalized spacial score (nSPS) is 11.1. The number of nitrogens with zero attached hydrogens (tertiary/aromatic N) is 3. The Labute approximate surface area is 169 Å². The van der Waals surface area contributed by atoms with Gasteiger partial charge in [0.25, 0.3) is 5.91 Å². The fourth-order valence-corrected chi connectivity index (χ4v) is 3.17. The summed E-state index contributed by atoms with van der Waals surface area (Å²) in [6.07, 6.45) is 0. The number of amides is 1. The van der Waals surface area contributed by atoms with E-state index in [2.05, 4.69) is 31.1 Å². The fraction of sp³-hybridized carbons (Fsp3) is 0.316. The number of aromatic nitrogens is 3. The zero-order valence-electron chi connectivity index (χ0n) is 15.8. The third-order valence-electron chi connectivity index (χ3n) is 4.02. The van der Waals surface area contributed by atoms with Gasteiger partial charge in [0.15, 0.2) is 0 Å². The number of carbonyl (C=O) groups is 1. The first-order valence-corrected chi connectivity index (χ1v) is 9.30. The number of hydrogen-bond acceptors (Lipinski definition) is 5. The number of nitrogens with one attached hydrogen (secondary N) is 1. The number of rotatable bonds is 4. The number of carbonyl (C=O) groups excluding carboxylic acids is 1. The number of nitrogens with two attached hydrogens (primary N) is 1. The molecule has 8 heteroatoms. The molecule has 0 bridgehead atoms. The highest BCUT2D eigenvalue weighted by Gasteiger charge is 2.22. The molecule has 2 heterocycles. The van der Waals surface area contributed by atoms with Gasteiger partial charge in [-0.1, -0.05) is 39.0 Å². The van der Waals surface area contributed by atoms with Gasteiger partial charge in [-0.3, -0.25) is 4.79 Å². The Hall–Kier alpha value is -2.22. The van der Waals surface area contributed by atoms with Crippen LogP contribution < -0.4 is 11.1 Å². The number of thiazole rings is 1. The minimum Gasteiger partial charge on any atom is -0.325 e. The SMILES string of the molecule is Cc1ccccc1-n1nc(C(C)(C)C)cc1NC(=O)c1csc(CN)n1.Cl. The van der Waals surface area contributed by atoms with Crippen molar-refractivity contribution in [2.75, 3.05) is 5.32 Å². The Morgan fingerprint density at radius 2 is 2.00 bits per heavy atom. The van der Waals surface area contributed by atoms with Crippen molar-refractivity contribution in [3.05, 3.63) is 57.7 Å². The van der Waals surface area contributed by atoms with E-state index in [9.17, 15) is 4.79 Å². The van der Waals surface area contributed by atoms with Gasteiger partial charge in [-0.25, -0.2) is 9.67 Å². The molecule has 0 saturated carbocycles. The van der Waals surface area contributed by atoms with Crippen LogP contribution in [0.3, 0.4) is 0 Å². The zero-order chi connectivity index (χ0) is 18.9. The average molecular weight is 406 g/mol. The Kier molecular flexibility index (Phi) is 6.41. The topological polar surface area (TPSA) is 85.8 Å². The number of aryl methyl sites for hydroxylation is 1. The highest BCUT2D eigenvalue weighted by Crippen LogP contribution is 2.27. The summed E-state index contributed by atoms with van der Waals surface area (Å²) in [4.78, 5) is 16.9. The van der Waals surface area contributed by atoms with E-state index in [0.717, 1.165) is 22.0 Å². The monoisotopic (exact) mass is 405 g/mol. The molecule has 2 aromatic heterocycles. The molecule has 0 aliphatic rings. The third-order valence-corrected chi connectivity index (χ3v) is 4.89. The highest BCUT2D eigenvalue weighted by atomic mass is 35.5. The molecule has 0 aliphatic carbocycles. The van der Waals surface area contributed by atoms with Gasteiger partial charge in [0.05, 0.1) is 11.4 Å². The Morgan fingerprint density at radius 1 is 1.30 bits per heavy atom. The molecule has 3 N–H and O–H groups in total. The van der Waals surface area contributed by atoms with Crippen molar-refractivity contribution in [3.8, 4) is 5.69 Å². The summed E-state index contributed by atoms with van der Waals surface area (Å²) >= 11 is 1.38. The molecule has 0 radical (unpaired) electrons. The van der Waals surface area contributed by atoms with Crippen LogP contribution in [0.4, 0.5) is 5.82 Å². The van der Waals surface area contributed by atoms with Gasteiger partial charge in [0.1, 0.15) is 16.5 Å². The van der Waals surface area contributed by atoms with Crippen LogP contribution in [0.25, 0.3) is 5.69 Å². The molecule has 0 saturated heterocycles. The summed E-state index contributed by atoms with van der Waals surface area (Å²) in [5.41, 5.74) is 8.72. The second-order valence-electron chi connectivity index (χ2n) is 7.15. The molecule has 3 aromatic rings. The van der Waals surface area contributed by atoms with Gasteiger partial charge in [-0.2, -0.15) is 5.10 Å². The molecule has 6 nitrogen and oxygen atoms in total. The van der Waals surface area contributed by atoms with E-state index in [-0.39, 0.29) is 23.7 Å². The van der Waals surface area contributed by atoms with Crippen LogP contribution in [0.1, 0.15) is 47.5 Å². The van der Waals surface area contributed by atoms with E-state index >= 15 is 0 Å². The summed E-state index contributed by atoms with van der Waals surface area (Å²) in [7, 11) is 0. The van der Waals surface area contributed by atoms with Crippen molar-refractivity contribution >= 4 is 35.5 Å². The quantitative estimate of drug-likeness (QED) is 0.685. The van der Waals surface area contributed by atoms with Crippen LogP contribution in [0.15, 0.2) is 35.7 Å². The Balaban J connectivity index is 0.00000261. The average Bonchev–Trinajstić information content (AvgIpc) is 3.22. The summed E-state index contributed by atoms with van der Waals surface area (Å²) in [5, 5.41) is 10.1. The molecule has 144 valence electrons. The van der Waals surface area contributed by atoms with Gasteiger partial charge in [0, 0.05) is 23.4 Å². The third kappa shape index (κ3) is 4.55. The molecule has 0 atom stereocenters. The van der Waals surface area contributed by atoms with E-state index in [4.69, 9.17) is 10.8 Å². The first-order chi connectivity index (χ1) is 12.3. The van der Waals surface area contributed by atoms with Crippen LogP contribution >= 0.6 is 23.7 Å². The number of para-hydroxylation sites is 1. The van der Waals surface area contributed by atoms with Crippen molar-refractivity contribution in [1.29, 1.82) is 0 Å². The minimum absolute atomic E-state index is 0. The summed E-state index contributed by atoms with van der Waals surface area (Å²) in [6, 6.07) is 9.86. The van der Waals surface area contributed by atoms with Crippen LogP contribution in [0, 0.1) is 6.92 Å². The van der Waals surface area contributed by atoms with Crippen LogP contribution in [-0.4, -0.2) is 20.7 Å². The lowest BCUT2D eigenvalue weighted by Gasteiger charge is -2.14. The number of benzene rings is 1. The molecule has 1 amide bonds. The zero-order valence-corrected chi connectivity index (χ0v) is 17.4. The molecule has 3 rings (SSSR count). The van der Waals surface area contributed by atoms with Crippen LogP contribution in [-0.2, 0) is 12.0 Å². The number of hydrogen-bond donors (Lipinski definition) is 2. The van der Waals surface area contributed by atoms with E-state index in [1.807, 2.05) is 37.3 Å². The fourth-order valence-electron chi connectivity index (χ4n) is 2.51. The van der Waals surface area contributed by atoms with Gasteiger partial charge >= 0.3 is 0 Å². The van der Waals surface area contributed by atoms with Gasteiger partial charge in [0.2, 0.25) is 0 Å². The van der Waals surface area contributed by atoms with Crippen LogP contribution in [0.2, 0.25) is 0 Å². The highest BCUT2D eigenvalue weighted by molar-refractivity contribution is 7.09. The lowest BCUT2D eigenvalue weighted by Crippen LogP contribution is -2.16. The maximum atomic E-state index is 12.6. The minimum atomic E-state index is -0.267. The number of anilines is 1. The predicted molar refractivity (Wildman–Crippen MR) is 112 cm³/mol.